The molecule has 2 heterocycles. The van der Waals surface area contributed by atoms with Gasteiger partial charge in [0.1, 0.15) is 5.82 Å². The molecule has 0 radical (unpaired) electrons. The molecule has 0 bridgehead atoms. The standard InChI is InChI=1S/C24H27N5O6S/c1-36(33,34)21-3-2-16(15-30)10-18(21)14-26-22-4-5-25-24(28-22)27-19-11-17(23(31)32)12-20(13-19)29-6-8-35-9-7-29/h2-5,10-13,30H,6-9,14-15H2,1H3,(H,31,32)(H2,25,26,27,28). The second-order valence-electron chi connectivity index (χ2n) is 8.29. The molecule has 4 N–H and O–H groups in total. The van der Waals surface area contributed by atoms with Crippen molar-refractivity contribution in [2.75, 3.05) is 48.1 Å². The second-order valence-corrected chi connectivity index (χ2v) is 10.3. The van der Waals surface area contributed by atoms with E-state index in [2.05, 4.69) is 25.5 Å². The van der Waals surface area contributed by atoms with Gasteiger partial charge in [0.2, 0.25) is 5.95 Å². The number of anilines is 4. The van der Waals surface area contributed by atoms with E-state index in [-0.39, 0.29) is 29.6 Å². The lowest BCUT2D eigenvalue weighted by Gasteiger charge is -2.29. The summed E-state index contributed by atoms with van der Waals surface area (Å²) in [5.41, 5.74) is 2.50. The number of carboxylic acids is 1. The van der Waals surface area contributed by atoms with Gasteiger partial charge in [0, 0.05) is 43.5 Å². The molecule has 3 aromatic rings. The van der Waals surface area contributed by atoms with Crippen molar-refractivity contribution in [1.29, 1.82) is 0 Å². The molecule has 1 aliphatic rings. The molecule has 0 atom stereocenters. The fourth-order valence-electron chi connectivity index (χ4n) is 3.87. The summed E-state index contributed by atoms with van der Waals surface area (Å²) in [6.07, 6.45) is 2.66. The molecule has 1 aliphatic heterocycles. The van der Waals surface area contributed by atoms with Crippen LogP contribution in [0.1, 0.15) is 21.5 Å². The average molecular weight is 514 g/mol. The van der Waals surface area contributed by atoms with Gasteiger partial charge in [0.25, 0.3) is 0 Å². The number of carbonyl (C=O) groups is 1. The van der Waals surface area contributed by atoms with E-state index in [4.69, 9.17) is 4.74 Å². The molecule has 0 spiro atoms. The summed E-state index contributed by atoms with van der Waals surface area (Å²) in [6, 6.07) is 11.3. The quantitative estimate of drug-likeness (QED) is 0.333. The van der Waals surface area contributed by atoms with Crippen molar-refractivity contribution in [2.24, 2.45) is 0 Å². The number of nitrogens with zero attached hydrogens (tertiary/aromatic N) is 3. The molecule has 0 saturated carbocycles. The number of rotatable bonds is 9. The van der Waals surface area contributed by atoms with Crippen LogP contribution in [0.25, 0.3) is 0 Å². The summed E-state index contributed by atoms with van der Waals surface area (Å²) < 4.78 is 29.7. The monoisotopic (exact) mass is 513 g/mol. The minimum absolute atomic E-state index is 0.132. The van der Waals surface area contributed by atoms with Gasteiger partial charge in [-0.25, -0.2) is 18.2 Å². The summed E-state index contributed by atoms with van der Waals surface area (Å²) in [7, 11) is -3.46. The van der Waals surface area contributed by atoms with Crippen molar-refractivity contribution in [2.45, 2.75) is 18.0 Å². The minimum atomic E-state index is -3.46. The Morgan fingerprint density at radius 1 is 1.14 bits per heavy atom. The van der Waals surface area contributed by atoms with Gasteiger partial charge in [-0.05, 0) is 41.5 Å². The molecule has 0 aliphatic carbocycles. The van der Waals surface area contributed by atoms with Crippen LogP contribution in [0, 0.1) is 0 Å². The van der Waals surface area contributed by atoms with Crippen LogP contribution in [0.15, 0.2) is 53.6 Å². The Morgan fingerprint density at radius 2 is 1.92 bits per heavy atom. The number of aromatic nitrogens is 2. The van der Waals surface area contributed by atoms with Crippen molar-refractivity contribution >= 4 is 38.9 Å². The molecule has 0 amide bonds. The zero-order valence-electron chi connectivity index (χ0n) is 19.6. The predicted molar refractivity (Wildman–Crippen MR) is 135 cm³/mol. The van der Waals surface area contributed by atoms with E-state index < -0.39 is 15.8 Å². The lowest BCUT2D eigenvalue weighted by Crippen LogP contribution is -2.36. The molecule has 1 saturated heterocycles. The fourth-order valence-corrected chi connectivity index (χ4v) is 4.80. The summed E-state index contributed by atoms with van der Waals surface area (Å²) in [5, 5.41) is 25.1. The Labute approximate surface area is 208 Å². The summed E-state index contributed by atoms with van der Waals surface area (Å²) in [6.45, 7) is 2.40. The number of hydrogen-bond acceptors (Lipinski definition) is 10. The highest BCUT2D eigenvalue weighted by Gasteiger charge is 2.16. The Hall–Kier alpha value is -3.74. The minimum Gasteiger partial charge on any atom is -0.478 e. The van der Waals surface area contributed by atoms with Crippen LogP contribution in [0.2, 0.25) is 0 Å². The van der Waals surface area contributed by atoms with Gasteiger partial charge in [0.05, 0.1) is 30.3 Å². The largest absolute Gasteiger partial charge is 0.478 e. The number of ether oxygens (including phenoxy) is 1. The first-order valence-electron chi connectivity index (χ1n) is 11.2. The van der Waals surface area contributed by atoms with Crippen molar-refractivity contribution < 1.29 is 28.2 Å². The number of aliphatic hydroxyl groups is 1. The molecular formula is C24H27N5O6S. The Kier molecular flexibility index (Phi) is 7.67. The highest BCUT2D eigenvalue weighted by atomic mass is 32.2. The number of hydrogen-bond donors (Lipinski definition) is 4. The van der Waals surface area contributed by atoms with Crippen LogP contribution in [0.5, 0.6) is 0 Å². The average Bonchev–Trinajstić information content (AvgIpc) is 2.87. The van der Waals surface area contributed by atoms with Crippen LogP contribution in [-0.4, -0.2) is 67.1 Å². The first kappa shape index (κ1) is 25.4. The van der Waals surface area contributed by atoms with Crippen molar-refractivity contribution in [3.63, 3.8) is 0 Å². The number of carboxylic acid groups (broad SMARTS) is 1. The Bertz CT molecular complexity index is 1360. The first-order chi connectivity index (χ1) is 17.2. The van der Waals surface area contributed by atoms with Gasteiger partial charge in [-0.1, -0.05) is 12.1 Å². The maximum atomic E-state index is 12.2. The molecule has 0 unspecified atom stereocenters. The van der Waals surface area contributed by atoms with Crippen molar-refractivity contribution in [3.8, 4) is 0 Å². The predicted octanol–water partition coefficient (Wildman–Crippen LogP) is 2.26. The second kappa shape index (κ2) is 10.9. The lowest BCUT2D eigenvalue weighted by atomic mass is 10.1. The molecule has 36 heavy (non-hydrogen) atoms. The molecule has 1 fully saturated rings. The summed E-state index contributed by atoms with van der Waals surface area (Å²) >= 11 is 0. The third kappa shape index (κ3) is 6.27. The molecule has 190 valence electrons. The third-order valence-electron chi connectivity index (χ3n) is 5.62. The van der Waals surface area contributed by atoms with Crippen LogP contribution in [0.4, 0.5) is 23.1 Å². The number of aliphatic hydroxyl groups excluding tert-OH is 1. The van der Waals surface area contributed by atoms with E-state index in [0.29, 0.717) is 48.9 Å². The number of benzene rings is 2. The van der Waals surface area contributed by atoms with Gasteiger partial charge in [-0.2, -0.15) is 4.98 Å². The van der Waals surface area contributed by atoms with Crippen LogP contribution in [-0.2, 0) is 27.7 Å². The topological polar surface area (TPSA) is 154 Å². The summed E-state index contributed by atoms with van der Waals surface area (Å²) in [5.74, 6) is -0.372. The van der Waals surface area contributed by atoms with Crippen LogP contribution < -0.4 is 15.5 Å². The number of sulfone groups is 1. The van der Waals surface area contributed by atoms with Gasteiger partial charge < -0.3 is 30.5 Å². The molecule has 12 heteroatoms. The molecular weight excluding hydrogens is 486 g/mol. The Morgan fingerprint density at radius 3 is 2.61 bits per heavy atom. The number of aromatic carboxylic acids is 1. The SMILES string of the molecule is CS(=O)(=O)c1ccc(CO)cc1CNc1ccnc(Nc2cc(C(=O)O)cc(N3CCOCC3)c2)n1. The van der Waals surface area contributed by atoms with E-state index in [0.717, 1.165) is 11.9 Å². The zero-order chi connectivity index (χ0) is 25.7. The smallest absolute Gasteiger partial charge is 0.335 e. The normalized spacial score (nSPS) is 13.9. The highest BCUT2D eigenvalue weighted by Crippen LogP contribution is 2.26. The lowest BCUT2D eigenvalue weighted by molar-refractivity contribution is 0.0697. The van der Waals surface area contributed by atoms with Gasteiger partial charge in [0.15, 0.2) is 9.84 Å². The van der Waals surface area contributed by atoms with E-state index >= 15 is 0 Å². The van der Waals surface area contributed by atoms with E-state index in [9.17, 15) is 23.4 Å². The van der Waals surface area contributed by atoms with E-state index in [1.165, 1.54) is 18.3 Å². The fraction of sp³-hybridized carbons (Fsp3) is 0.292. The maximum absolute atomic E-state index is 12.2. The van der Waals surface area contributed by atoms with Gasteiger partial charge in [-0.3, -0.25) is 0 Å². The zero-order valence-corrected chi connectivity index (χ0v) is 20.5. The first-order valence-corrected chi connectivity index (χ1v) is 13.1. The number of morpholine rings is 1. The Balaban J connectivity index is 1.54. The van der Waals surface area contributed by atoms with Crippen molar-refractivity contribution in [1.82, 2.24) is 9.97 Å². The van der Waals surface area contributed by atoms with Gasteiger partial charge >= 0.3 is 5.97 Å². The third-order valence-corrected chi connectivity index (χ3v) is 6.82. The highest BCUT2D eigenvalue weighted by molar-refractivity contribution is 7.90. The number of nitrogens with one attached hydrogen (secondary N) is 2. The van der Waals surface area contributed by atoms with E-state index in [1.54, 1.807) is 24.3 Å². The van der Waals surface area contributed by atoms with Crippen LogP contribution >= 0.6 is 0 Å². The molecule has 4 rings (SSSR count). The summed E-state index contributed by atoms with van der Waals surface area (Å²) in [4.78, 5) is 22.5. The van der Waals surface area contributed by atoms with Gasteiger partial charge in [-0.15, -0.1) is 0 Å². The van der Waals surface area contributed by atoms with Crippen LogP contribution in [0.3, 0.4) is 0 Å². The maximum Gasteiger partial charge on any atom is 0.335 e. The molecule has 11 nitrogen and oxygen atoms in total. The molecule has 2 aromatic carbocycles. The van der Waals surface area contributed by atoms with E-state index in [1.807, 2.05) is 6.07 Å². The molecule has 1 aromatic heterocycles. The van der Waals surface area contributed by atoms with Crippen molar-refractivity contribution in [3.05, 3.63) is 65.4 Å².